The van der Waals surface area contributed by atoms with Crippen molar-refractivity contribution in [1.29, 1.82) is 0 Å². The topological polar surface area (TPSA) is 57.0 Å². The monoisotopic (exact) mass is 457 g/mol. The summed E-state index contributed by atoms with van der Waals surface area (Å²) in [5.74, 6) is 1.84. The van der Waals surface area contributed by atoms with E-state index in [2.05, 4.69) is 32.7 Å². The average molecular weight is 458 g/mol. The highest BCUT2D eigenvalue weighted by Crippen LogP contribution is 2.22. The fraction of sp³-hybridized carbons (Fsp3) is 0.190. The Balaban J connectivity index is 1.68. The van der Waals surface area contributed by atoms with Crippen LogP contribution in [0.4, 0.5) is 0 Å². The van der Waals surface area contributed by atoms with Crippen LogP contribution >= 0.6 is 27.7 Å². The second-order valence-electron chi connectivity index (χ2n) is 6.07. The number of aryl methyl sites for hydroxylation is 1. The van der Waals surface area contributed by atoms with Gasteiger partial charge in [0, 0.05) is 16.6 Å². The molecular formula is C21H20BrN3O2S. The van der Waals surface area contributed by atoms with E-state index in [1.54, 1.807) is 6.08 Å². The fourth-order valence-electron chi connectivity index (χ4n) is 2.55. The molecule has 0 radical (unpaired) electrons. The second kappa shape index (κ2) is 9.71. The lowest BCUT2D eigenvalue weighted by Gasteiger charge is -2.10. The number of hydrogen-bond donors (Lipinski definition) is 0. The van der Waals surface area contributed by atoms with Crippen molar-refractivity contribution in [2.75, 3.05) is 5.75 Å². The second-order valence-corrected chi connectivity index (χ2v) is 7.93. The highest BCUT2D eigenvalue weighted by atomic mass is 79.9. The molecule has 0 spiro atoms. The van der Waals surface area contributed by atoms with Gasteiger partial charge in [0.1, 0.15) is 12.4 Å². The molecule has 0 atom stereocenters. The number of aromatic nitrogens is 3. The van der Waals surface area contributed by atoms with Gasteiger partial charge in [0.05, 0.1) is 5.75 Å². The number of hydrogen-bond acceptors (Lipinski definition) is 5. The van der Waals surface area contributed by atoms with E-state index in [9.17, 15) is 4.79 Å². The zero-order valence-electron chi connectivity index (χ0n) is 15.5. The van der Waals surface area contributed by atoms with Gasteiger partial charge in [-0.1, -0.05) is 64.1 Å². The Bertz CT molecular complexity index is 970. The molecular weight excluding hydrogens is 438 g/mol. The van der Waals surface area contributed by atoms with Crippen molar-refractivity contribution in [3.63, 3.8) is 0 Å². The summed E-state index contributed by atoms with van der Waals surface area (Å²) in [5.41, 5.74) is 1.74. The molecule has 1 heterocycles. The Hall–Kier alpha value is -2.38. The van der Waals surface area contributed by atoms with Gasteiger partial charge < -0.3 is 4.74 Å². The van der Waals surface area contributed by atoms with E-state index in [0.29, 0.717) is 29.7 Å². The smallest absolute Gasteiger partial charge is 0.192 e. The molecule has 3 aromatic rings. The molecule has 0 fully saturated rings. The Labute approximate surface area is 177 Å². The van der Waals surface area contributed by atoms with Crippen LogP contribution in [0.5, 0.6) is 5.75 Å². The van der Waals surface area contributed by atoms with Gasteiger partial charge in [0.2, 0.25) is 0 Å². The summed E-state index contributed by atoms with van der Waals surface area (Å²) in [6.07, 6.45) is 1.78. The van der Waals surface area contributed by atoms with Gasteiger partial charge in [0.15, 0.2) is 16.8 Å². The van der Waals surface area contributed by atoms with Crippen LogP contribution in [0.3, 0.4) is 0 Å². The van der Waals surface area contributed by atoms with Gasteiger partial charge in [-0.3, -0.25) is 9.36 Å². The van der Waals surface area contributed by atoms with Crippen LogP contribution in [-0.4, -0.2) is 26.3 Å². The first-order valence-electron chi connectivity index (χ1n) is 8.71. The SMILES string of the molecule is C=CCn1c(COc2ccccc2C)nnc1SCC(=O)c1ccc(Br)cc1. The molecule has 0 bridgehead atoms. The third-order valence-corrected chi connectivity index (χ3v) is 5.55. The lowest BCUT2D eigenvalue weighted by atomic mass is 10.2. The molecule has 144 valence electrons. The van der Waals surface area contributed by atoms with E-state index in [1.807, 2.05) is 60.0 Å². The number of para-hydroxylation sites is 1. The number of nitrogens with zero attached hydrogens (tertiary/aromatic N) is 3. The fourth-order valence-corrected chi connectivity index (χ4v) is 3.68. The standard InChI is InChI=1S/C21H20BrN3O2S/c1-3-12-25-20(13-27-19-7-5-4-6-15(19)2)23-24-21(25)28-14-18(26)16-8-10-17(22)11-9-16/h3-11H,1,12-14H2,2H3. The summed E-state index contributed by atoms with van der Waals surface area (Å²) in [6, 6.07) is 15.2. The number of benzene rings is 2. The summed E-state index contributed by atoms with van der Waals surface area (Å²) < 4.78 is 8.76. The summed E-state index contributed by atoms with van der Waals surface area (Å²) >= 11 is 4.74. The number of carbonyl (C=O) groups is 1. The maximum absolute atomic E-state index is 12.4. The van der Waals surface area contributed by atoms with Crippen LogP contribution in [0.2, 0.25) is 0 Å². The third kappa shape index (κ3) is 5.11. The number of carbonyl (C=O) groups excluding carboxylic acids is 1. The highest BCUT2D eigenvalue weighted by Gasteiger charge is 2.15. The van der Waals surface area contributed by atoms with Gasteiger partial charge in [-0.25, -0.2) is 0 Å². The quantitative estimate of drug-likeness (QED) is 0.254. The van der Waals surface area contributed by atoms with Crippen LogP contribution in [0.15, 0.2) is 70.8 Å². The van der Waals surface area contributed by atoms with Crippen molar-refractivity contribution in [3.05, 3.63) is 82.6 Å². The van der Waals surface area contributed by atoms with Crippen LogP contribution in [0, 0.1) is 6.92 Å². The minimum absolute atomic E-state index is 0.0448. The summed E-state index contributed by atoms with van der Waals surface area (Å²) in [6.45, 7) is 6.65. The largest absolute Gasteiger partial charge is 0.485 e. The van der Waals surface area contributed by atoms with E-state index < -0.39 is 0 Å². The van der Waals surface area contributed by atoms with Crippen LogP contribution in [0.25, 0.3) is 0 Å². The molecule has 7 heteroatoms. The van der Waals surface area contributed by atoms with Crippen LogP contribution in [-0.2, 0) is 13.2 Å². The number of ether oxygens (including phenoxy) is 1. The maximum atomic E-state index is 12.4. The minimum Gasteiger partial charge on any atom is -0.485 e. The molecule has 5 nitrogen and oxygen atoms in total. The maximum Gasteiger partial charge on any atom is 0.192 e. The number of Topliss-reactive ketones (excluding diaryl/α,β-unsaturated/α-hetero) is 1. The molecule has 0 unspecified atom stereocenters. The molecule has 0 saturated carbocycles. The predicted octanol–water partition coefficient (Wildman–Crippen LogP) is 5.09. The van der Waals surface area contributed by atoms with Gasteiger partial charge >= 0.3 is 0 Å². The molecule has 0 amide bonds. The van der Waals surface area contributed by atoms with Crippen molar-refractivity contribution in [3.8, 4) is 5.75 Å². The van der Waals surface area contributed by atoms with Crippen molar-refractivity contribution in [2.24, 2.45) is 0 Å². The molecule has 0 aliphatic heterocycles. The van der Waals surface area contributed by atoms with E-state index >= 15 is 0 Å². The molecule has 0 aliphatic carbocycles. The Morgan fingerprint density at radius 2 is 1.96 bits per heavy atom. The van der Waals surface area contributed by atoms with Gasteiger partial charge in [-0.05, 0) is 30.7 Å². The van der Waals surface area contributed by atoms with Crippen molar-refractivity contribution >= 4 is 33.5 Å². The first-order valence-corrected chi connectivity index (χ1v) is 10.5. The van der Waals surface area contributed by atoms with Crippen molar-refractivity contribution in [1.82, 2.24) is 14.8 Å². The molecule has 1 aromatic heterocycles. The van der Waals surface area contributed by atoms with Gasteiger partial charge in [0.25, 0.3) is 0 Å². The number of rotatable bonds is 9. The predicted molar refractivity (Wildman–Crippen MR) is 115 cm³/mol. The molecule has 2 aromatic carbocycles. The zero-order valence-corrected chi connectivity index (χ0v) is 17.9. The number of thioether (sulfide) groups is 1. The van der Waals surface area contributed by atoms with Crippen LogP contribution < -0.4 is 4.74 Å². The molecule has 28 heavy (non-hydrogen) atoms. The molecule has 0 saturated heterocycles. The van der Waals surface area contributed by atoms with Crippen LogP contribution in [0.1, 0.15) is 21.7 Å². The summed E-state index contributed by atoms with van der Waals surface area (Å²) in [4.78, 5) is 12.4. The van der Waals surface area contributed by atoms with Gasteiger partial charge in [-0.2, -0.15) is 0 Å². The first kappa shape index (κ1) is 20.4. The molecule has 0 aliphatic rings. The van der Waals surface area contributed by atoms with Crippen molar-refractivity contribution < 1.29 is 9.53 Å². The number of ketones is 1. The lowest BCUT2D eigenvalue weighted by Crippen LogP contribution is -2.09. The number of halogens is 1. The van der Waals surface area contributed by atoms with E-state index in [1.165, 1.54) is 11.8 Å². The summed E-state index contributed by atoms with van der Waals surface area (Å²) in [5, 5.41) is 9.16. The Morgan fingerprint density at radius 1 is 1.21 bits per heavy atom. The lowest BCUT2D eigenvalue weighted by molar-refractivity contribution is 0.102. The van der Waals surface area contributed by atoms with E-state index in [4.69, 9.17) is 4.74 Å². The first-order chi connectivity index (χ1) is 13.6. The Morgan fingerprint density at radius 3 is 2.68 bits per heavy atom. The van der Waals surface area contributed by atoms with E-state index in [-0.39, 0.29) is 11.5 Å². The third-order valence-electron chi connectivity index (χ3n) is 4.05. The molecule has 3 rings (SSSR count). The van der Waals surface area contributed by atoms with E-state index in [0.717, 1.165) is 15.8 Å². The average Bonchev–Trinajstić information content (AvgIpc) is 3.08. The minimum atomic E-state index is 0.0448. The highest BCUT2D eigenvalue weighted by molar-refractivity contribution is 9.10. The zero-order chi connectivity index (χ0) is 19.9. The molecule has 0 N–H and O–H groups in total. The normalized spacial score (nSPS) is 10.6. The Kier molecular flexibility index (Phi) is 7.06. The number of allylic oxidation sites excluding steroid dienone is 1. The van der Waals surface area contributed by atoms with Gasteiger partial charge in [-0.15, -0.1) is 16.8 Å². The van der Waals surface area contributed by atoms with Crippen molar-refractivity contribution in [2.45, 2.75) is 25.2 Å². The summed E-state index contributed by atoms with van der Waals surface area (Å²) in [7, 11) is 0.